The zero-order valence-electron chi connectivity index (χ0n) is 17.7. The first kappa shape index (κ1) is 18.9. The average Bonchev–Trinajstić information content (AvgIpc) is 3.26. The minimum absolute atomic E-state index is 0.246. The van der Waals surface area contributed by atoms with E-state index in [1.54, 1.807) is 0 Å². The quantitative estimate of drug-likeness (QED) is 0.407. The fourth-order valence-electron chi connectivity index (χ4n) is 4.72. The van der Waals surface area contributed by atoms with Crippen LogP contribution in [0.5, 0.6) is 0 Å². The predicted molar refractivity (Wildman–Crippen MR) is 127 cm³/mol. The van der Waals surface area contributed by atoms with Gasteiger partial charge in [-0.2, -0.15) is 0 Å². The highest BCUT2D eigenvalue weighted by Crippen LogP contribution is 2.26. The highest BCUT2D eigenvalue weighted by molar-refractivity contribution is 6.00. The summed E-state index contributed by atoms with van der Waals surface area (Å²) in [6.45, 7) is 0. The predicted octanol–water partition coefficient (Wildman–Crippen LogP) is 5.52. The number of benzene rings is 2. The lowest BCUT2D eigenvalue weighted by Crippen LogP contribution is -2.27. The van der Waals surface area contributed by atoms with Crippen molar-refractivity contribution in [2.24, 2.45) is 24.1 Å². The summed E-state index contributed by atoms with van der Waals surface area (Å²) < 4.78 is 4.34. The highest BCUT2D eigenvalue weighted by Gasteiger charge is 2.23. The zero-order chi connectivity index (χ0) is 20.5. The Hall–Kier alpha value is -3.14. The minimum Gasteiger partial charge on any atom is -0.349 e. The van der Waals surface area contributed by atoms with Gasteiger partial charge in [-0.25, -0.2) is 0 Å². The minimum atomic E-state index is 0.246. The molecule has 0 aliphatic heterocycles. The van der Waals surface area contributed by atoms with Crippen molar-refractivity contribution in [2.45, 2.75) is 37.8 Å². The lowest BCUT2D eigenvalue weighted by molar-refractivity contribution is 0.390. The summed E-state index contributed by atoms with van der Waals surface area (Å²) in [6, 6.07) is 17.5. The molecule has 0 spiro atoms. The molecule has 0 bridgehead atoms. The summed E-state index contributed by atoms with van der Waals surface area (Å²) >= 11 is 0. The molecule has 0 amide bonds. The van der Waals surface area contributed by atoms with Crippen LogP contribution in [0.4, 0.5) is 0 Å². The van der Waals surface area contributed by atoms with Crippen LogP contribution >= 0.6 is 0 Å². The van der Waals surface area contributed by atoms with Crippen molar-refractivity contribution in [1.29, 1.82) is 0 Å². The Morgan fingerprint density at radius 1 is 0.700 bits per heavy atom. The van der Waals surface area contributed by atoms with Crippen molar-refractivity contribution in [3.05, 3.63) is 72.3 Å². The fourth-order valence-corrected chi connectivity index (χ4v) is 4.72. The van der Waals surface area contributed by atoms with E-state index in [-0.39, 0.29) is 12.1 Å². The maximum Gasteiger partial charge on any atom is 0.0723 e. The Morgan fingerprint density at radius 3 is 1.60 bits per heavy atom. The van der Waals surface area contributed by atoms with E-state index in [0.29, 0.717) is 0 Å². The van der Waals surface area contributed by atoms with E-state index in [1.807, 2.05) is 0 Å². The average molecular weight is 397 g/mol. The van der Waals surface area contributed by atoms with Crippen LogP contribution in [-0.4, -0.2) is 33.6 Å². The van der Waals surface area contributed by atoms with E-state index in [0.717, 1.165) is 12.8 Å². The van der Waals surface area contributed by atoms with E-state index in [9.17, 15) is 0 Å². The lowest BCUT2D eigenvalue weighted by Gasteiger charge is -2.25. The highest BCUT2D eigenvalue weighted by atomic mass is 15.0. The topological polar surface area (TPSA) is 34.6 Å². The molecule has 1 fully saturated rings. The molecule has 4 nitrogen and oxygen atoms in total. The lowest BCUT2D eigenvalue weighted by atomic mass is 9.91. The van der Waals surface area contributed by atoms with E-state index in [1.165, 1.54) is 45.8 Å². The third-order valence-corrected chi connectivity index (χ3v) is 6.37. The van der Waals surface area contributed by atoms with Gasteiger partial charge in [0.15, 0.2) is 0 Å². The molecule has 1 aliphatic carbocycles. The van der Waals surface area contributed by atoms with E-state index >= 15 is 0 Å². The van der Waals surface area contributed by atoms with Gasteiger partial charge in [0.25, 0.3) is 0 Å². The van der Waals surface area contributed by atoms with Gasteiger partial charge in [0, 0.05) is 60.5 Å². The number of nitrogens with zero attached hydrogens (tertiary/aromatic N) is 4. The number of aromatic nitrogens is 2. The van der Waals surface area contributed by atoms with Gasteiger partial charge >= 0.3 is 0 Å². The largest absolute Gasteiger partial charge is 0.349 e. The van der Waals surface area contributed by atoms with Gasteiger partial charge in [0.1, 0.15) is 0 Å². The molecule has 1 saturated carbocycles. The van der Waals surface area contributed by atoms with Crippen LogP contribution in [0.2, 0.25) is 0 Å². The van der Waals surface area contributed by atoms with Crippen molar-refractivity contribution >= 4 is 34.0 Å². The van der Waals surface area contributed by atoms with Crippen LogP contribution in [0, 0.1) is 0 Å². The summed E-state index contributed by atoms with van der Waals surface area (Å²) in [4.78, 5) is 10.1. The molecule has 1 aliphatic rings. The van der Waals surface area contributed by atoms with Crippen LogP contribution in [0.1, 0.15) is 37.1 Å². The number of fused-ring (bicyclic) bond motifs is 2. The molecule has 2 aromatic carbocycles. The molecule has 2 aromatic heterocycles. The number of aliphatic imine (C=N–C) groups is 2. The Bertz CT molecular complexity index is 1140. The van der Waals surface area contributed by atoms with Gasteiger partial charge in [-0.05, 0) is 12.8 Å². The molecule has 2 atom stereocenters. The van der Waals surface area contributed by atoms with Crippen LogP contribution in [0.3, 0.4) is 0 Å². The summed E-state index contributed by atoms with van der Waals surface area (Å²) in [5.41, 5.74) is 2.35. The molecule has 4 heteroatoms. The number of aryl methyl sites for hydroxylation is 2. The second-order valence-electron chi connectivity index (χ2n) is 8.40. The van der Waals surface area contributed by atoms with Gasteiger partial charge in [-0.1, -0.05) is 61.4 Å². The Labute approximate surface area is 177 Å². The van der Waals surface area contributed by atoms with Gasteiger partial charge in [-0.3, -0.25) is 9.98 Å². The van der Waals surface area contributed by atoms with Crippen LogP contribution < -0.4 is 0 Å². The maximum atomic E-state index is 5.04. The molecule has 2 unspecified atom stereocenters. The van der Waals surface area contributed by atoms with Crippen LogP contribution in [-0.2, 0) is 14.1 Å². The molecule has 2 heterocycles. The zero-order valence-corrected chi connectivity index (χ0v) is 17.7. The number of hydrogen-bond acceptors (Lipinski definition) is 2. The van der Waals surface area contributed by atoms with Crippen molar-refractivity contribution in [2.75, 3.05) is 0 Å². The van der Waals surface area contributed by atoms with Gasteiger partial charge in [0.05, 0.1) is 23.5 Å². The van der Waals surface area contributed by atoms with Crippen molar-refractivity contribution < 1.29 is 0 Å². The van der Waals surface area contributed by atoms with Crippen molar-refractivity contribution in [1.82, 2.24) is 9.13 Å². The first-order valence-electron chi connectivity index (χ1n) is 10.9. The maximum absolute atomic E-state index is 5.04. The summed E-state index contributed by atoms with van der Waals surface area (Å²) in [5, 5.41) is 5.04. The SMILES string of the molecule is Cn1cc2ccccc2c1C=NC1CCCCC1N=Cc1c2ccccc2cn1C. The Morgan fingerprint density at radius 2 is 1.13 bits per heavy atom. The van der Waals surface area contributed by atoms with E-state index in [2.05, 4.69) is 96.6 Å². The second-order valence-corrected chi connectivity index (χ2v) is 8.40. The molecule has 152 valence electrons. The van der Waals surface area contributed by atoms with Crippen molar-refractivity contribution in [3.63, 3.8) is 0 Å². The smallest absolute Gasteiger partial charge is 0.0723 e. The third kappa shape index (κ3) is 3.47. The first-order valence-corrected chi connectivity index (χ1v) is 10.9. The van der Waals surface area contributed by atoms with Gasteiger partial charge in [-0.15, -0.1) is 0 Å². The molecule has 0 saturated heterocycles. The second kappa shape index (κ2) is 7.94. The van der Waals surface area contributed by atoms with Gasteiger partial charge < -0.3 is 9.13 Å². The Kier molecular flexibility index (Phi) is 4.99. The Balaban J connectivity index is 1.42. The molecule has 4 aromatic rings. The molecular formula is C26H28N4. The summed E-state index contributed by atoms with van der Waals surface area (Å²) in [6.07, 6.45) is 13.2. The van der Waals surface area contributed by atoms with Crippen molar-refractivity contribution in [3.8, 4) is 0 Å². The summed E-state index contributed by atoms with van der Waals surface area (Å²) in [7, 11) is 4.19. The molecule has 0 N–H and O–H groups in total. The van der Waals surface area contributed by atoms with E-state index in [4.69, 9.17) is 9.98 Å². The van der Waals surface area contributed by atoms with Crippen LogP contribution in [0.15, 0.2) is 70.9 Å². The summed E-state index contributed by atoms with van der Waals surface area (Å²) in [5.74, 6) is 0. The molecule has 30 heavy (non-hydrogen) atoms. The van der Waals surface area contributed by atoms with Gasteiger partial charge in [0.2, 0.25) is 0 Å². The standard InChI is InChI=1S/C26H28N4/c1-29-17-19-9-3-5-11-21(19)25(29)15-27-23-13-7-8-14-24(23)28-16-26-22-12-6-4-10-20(22)18-30(26)2/h3-6,9-12,15-18,23-24H,7-8,13-14H2,1-2H3. The molecule has 5 rings (SSSR count). The fraction of sp³-hybridized carbons (Fsp3) is 0.308. The number of rotatable bonds is 4. The van der Waals surface area contributed by atoms with E-state index < -0.39 is 0 Å². The molecule has 0 radical (unpaired) electrons. The first-order chi connectivity index (χ1) is 14.7. The normalized spacial score (nSPS) is 20.2. The third-order valence-electron chi connectivity index (χ3n) is 6.37. The number of hydrogen-bond donors (Lipinski definition) is 0. The monoisotopic (exact) mass is 396 g/mol. The van der Waals surface area contributed by atoms with Crippen LogP contribution in [0.25, 0.3) is 21.5 Å². The molecular weight excluding hydrogens is 368 g/mol.